The smallest absolute Gasteiger partial charge is 0.0951 e. The molecule has 0 aliphatic carbocycles. The van der Waals surface area contributed by atoms with Gasteiger partial charge in [0.1, 0.15) is 0 Å². The van der Waals surface area contributed by atoms with Crippen LogP contribution >= 0.6 is 0 Å². The molecule has 0 saturated carbocycles. The number of imidazole rings is 1. The highest BCUT2D eigenvalue weighted by molar-refractivity contribution is 5.57. The molecule has 0 saturated heterocycles. The molecule has 0 bridgehead atoms. The summed E-state index contributed by atoms with van der Waals surface area (Å²) in [5.41, 5.74) is 2.30. The summed E-state index contributed by atoms with van der Waals surface area (Å²) in [5, 5.41) is 3.39. The first-order chi connectivity index (χ1) is 8.42. The molecular formula is C13H18N4. The molecule has 2 rings (SSSR count). The van der Waals surface area contributed by atoms with Crippen molar-refractivity contribution in [2.45, 2.75) is 19.9 Å². The minimum absolute atomic E-state index is 0.942. The van der Waals surface area contributed by atoms with Crippen LogP contribution in [0.2, 0.25) is 0 Å². The fourth-order valence-corrected chi connectivity index (χ4v) is 1.76. The Bertz CT molecular complexity index is 436. The molecule has 2 aromatic heterocycles. The summed E-state index contributed by atoms with van der Waals surface area (Å²) < 4.78 is 2.16. The normalized spacial score (nSPS) is 10.6. The van der Waals surface area contributed by atoms with Gasteiger partial charge in [-0.05, 0) is 25.1 Å². The lowest BCUT2D eigenvalue weighted by molar-refractivity contribution is 0.596. The van der Waals surface area contributed by atoms with Gasteiger partial charge in [0.15, 0.2) is 0 Å². The SMILES string of the molecule is CCCNCCn1cncc1-c1ccncc1. The number of aromatic nitrogens is 3. The molecule has 2 aromatic rings. The molecule has 0 spiro atoms. The van der Waals surface area contributed by atoms with Crippen molar-refractivity contribution in [2.24, 2.45) is 0 Å². The number of nitrogens with zero attached hydrogens (tertiary/aromatic N) is 3. The maximum absolute atomic E-state index is 4.21. The fraction of sp³-hybridized carbons (Fsp3) is 0.385. The molecule has 90 valence electrons. The van der Waals surface area contributed by atoms with Crippen molar-refractivity contribution in [1.82, 2.24) is 19.9 Å². The van der Waals surface area contributed by atoms with E-state index in [1.54, 1.807) is 0 Å². The minimum Gasteiger partial charge on any atom is -0.329 e. The Hall–Kier alpha value is -1.68. The summed E-state index contributed by atoms with van der Waals surface area (Å²) in [6.07, 6.45) is 8.56. The Kier molecular flexibility index (Phi) is 4.27. The Morgan fingerprint density at radius 3 is 2.76 bits per heavy atom. The van der Waals surface area contributed by atoms with Crippen LogP contribution in [-0.4, -0.2) is 27.6 Å². The summed E-state index contributed by atoms with van der Waals surface area (Å²) in [6, 6.07) is 4.01. The van der Waals surface area contributed by atoms with E-state index in [4.69, 9.17) is 0 Å². The van der Waals surface area contributed by atoms with Crippen LogP contribution in [0.1, 0.15) is 13.3 Å². The molecule has 0 radical (unpaired) electrons. The van der Waals surface area contributed by atoms with E-state index in [-0.39, 0.29) is 0 Å². The maximum atomic E-state index is 4.21. The molecule has 0 unspecified atom stereocenters. The Balaban J connectivity index is 2.02. The zero-order valence-corrected chi connectivity index (χ0v) is 10.1. The van der Waals surface area contributed by atoms with Crippen LogP contribution in [0.15, 0.2) is 37.1 Å². The van der Waals surface area contributed by atoms with Crippen LogP contribution in [0.4, 0.5) is 0 Å². The van der Waals surface area contributed by atoms with Crippen molar-refractivity contribution in [1.29, 1.82) is 0 Å². The van der Waals surface area contributed by atoms with E-state index in [1.165, 1.54) is 6.42 Å². The molecule has 0 atom stereocenters. The van der Waals surface area contributed by atoms with Crippen molar-refractivity contribution in [2.75, 3.05) is 13.1 Å². The van der Waals surface area contributed by atoms with Crippen LogP contribution < -0.4 is 5.32 Å². The first-order valence-electron chi connectivity index (χ1n) is 6.03. The van der Waals surface area contributed by atoms with Gasteiger partial charge in [0.05, 0.1) is 18.2 Å². The third kappa shape index (κ3) is 3.14. The first-order valence-corrected chi connectivity index (χ1v) is 6.03. The predicted molar refractivity (Wildman–Crippen MR) is 68.6 cm³/mol. The second-order valence-electron chi connectivity index (χ2n) is 3.96. The summed E-state index contributed by atoms with van der Waals surface area (Å²) >= 11 is 0. The molecule has 0 aromatic carbocycles. The number of hydrogen-bond donors (Lipinski definition) is 1. The Labute approximate surface area is 102 Å². The monoisotopic (exact) mass is 230 g/mol. The van der Waals surface area contributed by atoms with Gasteiger partial charge in [-0.15, -0.1) is 0 Å². The van der Waals surface area contributed by atoms with Gasteiger partial charge in [-0.2, -0.15) is 0 Å². The minimum atomic E-state index is 0.942. The Morgan fingerprint density at radius 2 is 2.00 bits per heavy atom. The highest BCUT2D eigenvalue weighted by Gasteiger charge is 2.03. The lowest BCUT2D eigenvalue weighted by Gasteiger charge is -2.08. The summed E-state index contributed by atoms with van der Waals surface area (Å²) in [7, 11) is 0. The second-order valence-corrected chi connectivity index (χ2v) is 3.96. The molecule has 17 heavy (non-hydrogen) atoms. The third-order valence-corrected chi connectivity index (χ3v) is 2.64. The van der Waals surface area contributed by atoms with Gasteiger partial charge in [0.2, 0.25) is 0 Å². The maximum Gasteiger partial charge on any atom is 0.0951 e. The van der Waals surface area contributed by atoms with E-state index in [2.05, 4.69) is 26.8 Å². The molecule has 0 fully saturated rings. The Morgan fingerprint density at radius 1 is 1.18 bits per heavy atom. The van der Waals surface area contributed by atoms with Gasteiger partial charge in [-0.1, -0.05) is 6.92 Å². The van der Waals surface area contributed by atoms with E-state index in [1.807, 2.05) is 37.1 Å². The number of hydrogen-bond acceptors (Lipinski definition) is 3. The van der Waals surface area contributed by atoms with E-state index in [9.17, 15) is 0 Å². The standard InChI is InChI=1S/C13H18N4/c1-2-5-14-8-9-17-11-16-10-13(17)12-3-6-15-7-4-12/h3-4,6-7,10-11,14H,2,5,8-9H2,1H3. The van der Waals surface area contributed by atoms with Crippen molar-refractivity contribution in [3.05, 3.63) is 37.1 Å². The lowest BCUT2D eigenvalue weighted by Crippen LogP contribution is -2.20. The van der Waals surface area contributed by atoms with Crippen LogP contribution in [-0.2, 0) is 6.54 Å². The summed E-state index contributed by atoms with van der Waals surface area (Å²) in [4.78, 5) is 8.24. The van der Waals surface area contributed by atoms with Crippen LogP contribution in [0.3, 0.4) is 0 Å². The molecule has 2 heterocycles. The molecule has 0 aliphatic heterocycles. The quantitative estimate of drug-likeness (QED) is 0.771. The molecule has 0 aliphatic rings. The second kappa shape index (κ2) is 6.15. The summed E-state index contributed by atoms with van der Waals surface area (Å²) in [5.74, 6) is 0. The predicted octanol–water partition coefficient (Wildman–Crippen LogP) is 1.94. The van der Waals surface area contributed by atoms with Crippen molar-refractivity contribution < 1.29 is 0 Å². The molecule has 4 heteroatoms. The number of rotatable bonds is 6. The van der Waals surface area contributed by atoms with Gasteiger partial charge in [-0.3, -0.25) is 4.98 Å². The zero-order valence-electron chi connectivity index (χ0n) is 10.1. The molecule has 0 amide bonds. The average Bonchev–Trinajstić information content (AvgIpc) is 2.84. The highest BCUT2D eigenvalue weighted by Crippen LogP contribution is 2.17. The van der Waals surface area contributed by atoms with E-state index in [0.717, 1.165) is 30.9 Å². The summed E-state index contributed by atoms with van der Waals surface area (Å²) in [6.45, 7) is 5.16. The van der Waals surface area contributed by atoms with Gasteiger partial charge in [0.25, 0.3) is 0 Å². The lowest BCUT2D eigenvalue weighted by atomic mass is 10.2. The molecule has 4 nitrogen and oxygen atoms in total. The third-order valence-electron chi connectivity index (χ3n) is 2.64. The van der Waals surface area contributed by atoms with Crippen molar-refractivity contribution in [3.8, 4) is 11.3 Å². The van der Waals surface area contributed by atoms with Crippen molar-refractivity contribution >= 4 is 0 Å². The largest absolute Gasteiger partial charge is 0.329 e. The van der Waals surface area contributed by atoms with Crippen LogP contribution in [0, 0.1) is 0 Å². The van der Waals surface area contributed by atoms with Crippen LogP contribution in [0.25, 0.3) is 11.3 Å². The van der Waals surface area contributed by atoms with Gasteiger partial charge in [-0.25, -0.2) is 4.98 Å². The average molecular weight is 230 g/mol. The first kappa shape index (κ1) is 11.8. The van der Waals surface area contributed by atoms with E-state index < -0.39 is 0 Å². The molecule has 1 N–H and O–H groups in total. The topological polar surface area (TPSA) is 42.7 Å². The number of pyridine rings is 1. The van der Waals surface area contributed by atoms with Crippen molar-refractivity contribution in [3.63, 3.8) is 0 Å². The van der Waals surface area contributed by atoms with Gasteiger partial charge >= 0.3 is 0 Å². The van der Waals surface area contributed by atoms with Gasteiger partial charge in [0, 0.05) is 31.0 Å². The fourth-order valence-electron chi connectivity index (χ4n) is 1.76. The highest BCUT2D eigenvalue weighted by atomic mass is 15.1. The molecular weight excluding hydrogens is 212 g/mol. The number of nitrogens with one attached hydrogen (secondary N) is 1. The van der Waals surface area contributed by atoms with E-state index >= 15 is 0 Å². The van der Waals surface area contributed by atoms with E-state index in [0.29, 0.717) is 0 Å². The van der Waals surface area contributed by atoms with Gasteiger partial charge < -0.3 is 9.88 Å². The van der Waals surface area contributed by atoms with Crippen LogP contribution in [0.5, 0.6) is 0 Å². The zero-order chi connectivity index (χ0) is 11.9.